The maximum absolute atomic E-state index is 13.4. The first-order valence-corrected chi connectivity index (χ1v) is 12.3. The van der Waals surface area contributed by atoms with E-state index in [0.717, 1.165) is 20.3 Å². The van der Waals surface area contributed by atoms with Crippen LogP contribution < -0.4 is 10.1 Å². The molecule has 0 unspecified atom stereocenters. The summed E-state index contributed by atoms with van der Waals surface area (Å²) in [6.07, 6.45) is 1.73. The van der Waals surface area contributed by atoms with E-state index in [0.29, 0.717) is 34.1 Å². The topological polar surface area (TPSA) is 82.4 Å². The maximum atomic E-state index is 13.4. The molecule has 0 spiro atoms. The lowest BCUT2D eigenvalue weighted by Crippen LogP contribution is -2.17. The van der Waals surface area contributed by atoms with E-state index >= 15 is 0 Å². The van der Waals surface area contributed by atoms with Crippen molar-refractivity contribution in [2.75, 3.05) is 25.6 Å². The first-order chi connectivity index (χ1) is 16.9. The Bertz CT molecular complexity index is 1390. The molecule has 0 amide bonds. The highest BCUT2D eigenvalue weighted by atomic mass is 127. The number of carbonyl (C=O) groups is 2. The van der Waals surface area contributed by atoms with Crippen LogP contribution >= 0.6 is 34.2 Å². The van der Waals surface area contributed by atoms with Crippen molar-refractivity contribution < 1.29 is 19.1 Å². The zero-order chi connectivity index (χ0) is 24.9. The number of anilines is 1. The molecule has 0 bridgehead atoms. The quantitative estimate of drug-likeness (QED) is 0.163. The number of hydrogen-bond donors (Lipinski definition) is 1. The smallest absolute Gasteiger partial charge is 0.310 e. The summed E-state index contributed by atoms with van der Waals surface area (Å²) in [6.45, 7) is 2.45. The molecule has 0 fully saturated rings. The summed E-state index contributed by atoms with van der Waals surface area (Å²) in [5.74, 6) is 0.794. The first-order valence-electron chi connectivity index (χ1n) is 10.9. The van der Waals surface area contributed by atoms with E-state index in [1.807, 2.05) is 31.2 Å². The molecule has 0 aliphatic carbocycles. The van der Waals surface area contributed by atoms with Gasteiger partial charge >= 0.3 is 5.97 Å². The highest BCUT2D eigenvalue weighted by Gasteiger charge is 2.22. The zero-order valence-corrected chi connectivity index (χ0v) is 22.1. The van der Waals surface area contributed by atoms with Gasteiger partial charge < -0.3 is 14.8 Å². The second-order valence-electron chi connectivity index (χ2n) is 7.75. The number of aromatic nitrogens is 2. The third-order valence-corrected chi connectivity index (χ3v) is 6.70. The Morgan fingerprint density at radius 1 is 1.14 bits per heavy atom. The predicted octanol–water partition coefficient (Wildman–Crippen LogP) is 5.50. The number of hydrogen-bond acceptors (Lipinski definition) is 6. The van der Waals surface area contributed by atoms with Gasteiger partial charge in [0.15, 0.2) is 0 Å². The van der Waals surface area contributed by atoms with Crippen molar-refractivity contribution in [3.8, 4) is 5.75 Å². The van der Waals surface area contributed by atoms with Crippen LogP contribution in [0.2, 0.25) is 5.02 Å². The number of esters is 1. The number of methoxy groups -OCH3 is 1. The van der Waals surface area contributed by atoms with Crippen LogP contribution in [0.3, 0.4) is 0 Å². The van der Waals surface area contributed by atoms with Gasteiger partial charge in [-0.1, -0.05) is 11.6 Å². The largest absolute Gasteiger partial charge is 0.497 e. The SMILES string of the molecule is COc1ccc2c(c1)c(CC(=O)OCCNc1ncccc1I)c(C)n2C(=O)c1ccc(Cl)cc1. The van der Waals surface area contributed by atoms with Gasteiger partial charge in [-0.25, -0.2) is 4.98 Å². The van der Waals surface area contributed by atoms with Crippen LogP contribution in [0, 0.1) is 10.5 Å². The van der Waals surface area contributed by atoms with Gasteiger partial charge in [0.1, 0.15) is 18.2 Å². The lowest BCUT2D eigenvalue weighted by molar-refractivity contribution is -0.142. The fraction of sp³-hybridized carbons (Fsp3) is 0.192. The van der Waals surface area contributed by atoms with Crippen LogP contribution in [-0.4, -0.2) is 41.7 Å². The predicted molar refractivity (Wildman–Crippen MR) is 145 cm³/mol. The van der Waals surface area contributed by atoms with Crippen LogP contribution in [0.1, 0.15) is 21.6 Å². The summed E-state index contributed by atoms with van der Waals surface area (Å²) in [6, 6.07) is 16.0. The van der Waals surface area contributed by atoms with Crippen molar-refractivity contribution in [3.63, 3.8) is 0 Å². The van der Waals surface area contributed by atoms with Crippen LogP contribution in [0.5, 0.6) is 5.75 Å². The molecular formula is C26H23ClIN3O4. The Balaban J connectivity index is 1.55. The summed E-state index contributed by atoms with van der Waals surface area (Å²) in [5.41, 5.74) is 2.58. The molecule has 4 rings (SSSR count). The van der Waals surface area contributed by atoms with Crippen molar-refractivity contribution in [1.82, 2.24) is 9.55 Å². The number of ether oxygens (including phenoxy) is 2. The van der Waals surface area contributed by atoms with Gasteiger partial charge in [0, 0.05) is 27.9 Å². The second kappa shape index (κ2) is 11.1. The molecule has 4 aromatic rings. The maximum Gasteiger partial charge on any atom is 0.310 e. The highest BCUT2D eigenvalue weighted by Crippen LogP contribution is 2.31. The Hall–Kier alpha value is -3.11. The van der Waals surface area contributed by atoms with E-state index in [4.69, 9.17) is 21.1 Å². The fourth-order valence-electron chi connectivity index (χ4n) is 3.84. The average molecular weight is 604 g/mol. The van der Waals surface area contributed by atoms with Crippen molar-refractivity contribution >= 4 is 62.8 Å². The molecule has 1 N–H and O–H groups in total. The minimum atomic E-state index is -0.383. The molecule has 0 atom stereocenters. The summed E-state index contributed by atoms with van der Waals surface area (Å²) >= 11 is 8.18. The molecule has 2 aromatic heterocycles. The average Bonchev–Trinajstić information content (AvgIpc) is 3.13. The molecule has 0 saturated carbocycles. The molecule has 0 aliphatic heterocycles. The van der Waals surface area contributed by atoms with Crippen LogP contribution in [0.15, 0.2) is 60.8 Å². The van der Waals surface area contributed by atoms with Crippen molar-refractivity contribution in [2.45, 2.75) is 13.3 Å². The summed E-state index contributed by atoms with van der Waals surface area (Å²) in [5, 5.41) is 4.48. The lowest BCUT2D eigenvalue weighted by atomic mass is 10.1. The van der Waals surface area contributed by atoms with Crippen molar-refractivity contribution in [2.24, 2.45) is 0 Å². The van der Waals surface area contributed by atoms with Gasteiger partial charge in [0.25, 0.3) is 5.91 Å². The van der Waals surface area contributed by atoms with E-state index in [-0.39, 0.29) is 24.9 Å². The van der Waals surface area contributed by atoms with E-state index in [9.17, 15) is 9.59 Å². The number of nitrogens with one attached hydrogen (secondary N) is 1. The van der Waals surface area contributed by atoms with Gasteiger partial charge in [0.2, 0.25) is 0 Å². The van der Waals surface area contributed by atoms with Crippen LogP contribution in [0.25, 0.3) is 10.9 Å². The monoisotopic (exact) mass is 603 g/mol. The van der Waals surface area contributed by atoms with Crippen molar-refractivity contribution in [3.05, 3.63) is 86.2 Å². The van der Waals surface area contributed by atoms with Gasteiger partial charge in [-0.05, 0) is 89.7 Å². The molecule has 2 aromatic carbocycles. The Morgan fingerprint density at radius 2 is 1.91 bits per heavy atom. The van der Waals surface area contributed by atoms with Crippen LogP contribution in [-0.2, 0) is 16.0 Å². The van der Waals surface area contributed by atoms with E-state index < -0.39 is 0 Å². The normalized spacial score (nSPS) is 10.9. The molecule has 2 heterocycles. The molecular weight excluding hydrogens is 581 g/mol. The minimum absolute atomic E-state index is 0.0253. The van der Waals surface area contributed by atoms with Gasteiger partial charge in [-0.15, -0.1) is 0 Å². The molecule has 0 saturated heterocycles. The number of nitrogens with zero attached hydrogens (tertiary/aromatic N) is 2. The number of fused-ring (bicyclic) bond motifs is 1. The second-order valence-corrected chi connectivity index (χ2v) is 9.35. The van der Waals surface area contributed by atoms with Crippen molar-refractivity contribution in [1.29, 1.82) is 0 Å². The standard InChI is InChI=1S/C26H23ClIN3O4/c1-16-20(15-24(32)35-13-12-30-25-22(28)4-3-11-29-25)21-14-19(34-2)9-10-23(21)31(16)26(33)17-5-7-18(27)8-6-17/h3-11,14H,12-13,15H2,1-2H3,(H,29,30). The number of pyridine rings is 1. The number of benzene rings is 2. The van der Waals surface area contributed by atoms with E-state index in [1.54, 1.807) is 48.2 Å². The molecule has 35 heavy (non-hydrogen) atoms. The third-order valence-electron chi connectivity index (χ3n) is 5.57. The van der Waals surface area contributed by atoms with E-state index in [2.05, 4.69) is 32.9 Å². The molecule has 0 aliphatic rings. The number of rotatable bonds is 8. The highest BCUT2D eigenvalue weighted by molar-refractivity contribution is 14.1. The first kappa shape index (κ1) is 25.0. The third kappa shape index (κ3) is 5.59. The Labute approximate surface area is 221 Å². The Morgan fingerprint density at radius 3 is 2.63 bits per heavy atom. The fourth-order valence-corrected chi connectivity index (χ4v) is 4.50. The summed E-state index contributed by atoms with van der Waals surface area (Å²) in [4.78, 5) is 30.4. The van der Waals surface area contributed by atoms with Gasteiger partial charge in [0.05, 0.1) is 29.2 Å². The molecule has 0 radical (unpaired) electrons. The zero-order valence-electron chi connectivity index (χ0n) is 19.2. The molecule has 7 nitrogen and oxygen atoms in total. The molecule has 9 heteroatoms. The Kier molecular flexibility index (Phi) is 7.92. The van der Waals surface area contributed by atoms with E-state index in [1.165, 1.54) is 0 Å². The molecule has 180 valence electrons. The minimum Gasteiger partial charge on any atom is -0.497 e. The van der Waals surface area contributed by atoms with Crippen LogP contribution in [0.4, 0.5) is 5.82 Å². The summed E-state index contributed by atoms with van der Waals surface area (Å²) < 4.78 is 13.4. The summed E-state index contributed by atoms with van der Waals surface area (Å²) in [7, 11) is 1.58. The lowest BCUT2D eigenvalue weighted by Gasteiger charge is -2.09. The number of carbonyl (C=O) groups excluding carboxylic acids is 2. The number of halogens is 2. The van der Waals surface area contributed by atoms with Gasteiger partial charge in [-0.2, -0.15) is 0 Å². The van der Waals surface area contributed by atoms with Gasteiger partial charge in [-0.3, -0.25) is 14.2 Å².